The SMILES string of the molecule is COc1cccc([C@H]2Nc3c(ccc(C(=O)O)c3C)[C@@H]3C=CC[C@@H]23)c1. The fraction of sp³-hybridized carbons (Fsp3) is 0.286. The monoisotopic (exact) mass is 335 g/mol. The normalized spacial score (nSPS) is 23.5. The van der Waals surface area contributed by atoms with Crippen molar-refractivity contribution in [3.63, 3.8) is 0 Å². The summed E-state index contributed by atoms with van der Waals surface area (Å²) in [6.07, 6.45) is 5.51. The van der Waals surface area contributed by atoms with Gasteiger partial charge < -0.3 is 15.2 Å². The number of methoxy groups -OCH3 is 1. The van der Waals surface area contributed by atoms with Crippen molar-refractivity contribution in [2.45, 2.75) is 25.3 Å². The van der Waals surface area contributed by atoms with Gasteiger partial charge in [0, 0.05) is 11.6 Å². The van der Waals surface area contributed by atoms with E-state index in [2.05, 4.69) is 29.6 Å². The maximum absolute atomic E-state index is 11.5. The zero-order valence-corrected chi connectivity index (χ0v) is 14.3. The number of carboxylic acid groups (broad SMARTS) is 1. The summed E-state index contributed by atoms with van der Waals surface area (Å²) in [6.45, 7) is 1.89. The Morgan fingerprint density at radius 1 is 1.28 bits per heavy atom. The van der Waals surface area contributed by atoms with E-state index in [0.717, 1.165) is 23.4 Å². The Hall–Kier alpha value is -2.75. The number of ether oxygens (including phenoxy) is 1. The molecule has 4 nitrogen and oxygen atoms in total. The Morgan fingerprint density at radius 3 is 2.88 bits per heavy atom. The van der Waals surface area contributed by atoms with E-state index in [1.807, 2.05) is 25.1 Å². The van der Waals surface area contributed by atoms with Crippen LogP contribution in [0.15, 0.2) is 48.6 Å². The molecular formula is C21H21NO3. The zero-order chi connectivity index (χ0) is 17.6. The number of rotatable bonds is 3. The summed E-state index contributed by atoms with van der Waals surface area (Å²) < 4.78 is 5.38. The van der Waals surface area contributed by atoms with Crippen LogP contribution in [0.1, 0.15) is 45.4 Å². The van der Waals surface area contributed by atoms with Gasteiger partial charge >= 0.3 is 5.97 Å². The van der Waals surface area contributed by atoms with Crippen molar-refractivity contribution in [2.75, 3.05) is 12.4 Å². The molecule has 0 spiro atoms. The second-order valence-electron chi connectivity index (χ2n) is 6.76. The molecule has 2 aliphatic rings. The first-order valence-electron chi connectivity index (χ1n) is 8.54. The van der Waals surface area contributed by atoms with Crippen molar-refractivity contribution in [2.24, 2.45) is 5.92 Å². The highest BCUT2D eigenvalue weighted by molar-refractivity contribution is 5.92. The van der Waals surface area contributed by atoms with Crippen LogP contribution in [0, 0.1) is 12.8 Å². The van der Waals surface area contributed by atoms with Crippen molar-refractivity contribution < 1.29 is 14.6 Å². The second kappa shape index (κ2) is 5.96. The lowest BCUT2D eigenvalue weighted by molar-refractivity contribution is 0.0696. The third-order valence-corrected chi connectivity index (χ3v) is 5.48. The lowest BCUT2D eigenvalue weighted by Crippen LogP contribution is -2.30. The fourth-order valence-corrected chi connectivity index (χ4v) is 4.21. The van der Waals surface area contributed by atoms with E-state index in [1.165, 1.54) is 11.1 Å². The van der Waals surface area contributed by atoms with Crippen molar-refractivity contribution in [3.05, 3.63) is 70.8 Å². The minimum Gasteiger partial charge on any atom is -0.497 e. The van der Waals surface area contributed by atoms with Crippen LogP contribution in [0.25, 0.3) is 0 Å². The average Bonchev–Trinajstić information content (AvgIpc) is 3.11. The molecule has 25 heavy (non-hydrogen) atoms. The zero-order valence-electron chi connectivity index (χ0n) is 14.3. The molecule has 0 bridgehead atoms. The Balaban J connectivity index is 1.83. The predicted molar refractivity (Wildman–Crippen MR) is 97.5 cm³/mol. The predicted octanol–water partition coefficient (Wildman–Crippen LogP) is 4.53. The molecule has 2 aromatic rings. The molecule has 0 aromatic heterocycles. The first-order chi connectivity index (χ1) is 12.1. The van der Waals surface area contributed by atoms with Crippen molar-refractivity contribution >= 4 is 11.7 Å². The molecule has 3 atom stereocenters. The van der Waals surface area contributed by atoms with E-state index in [9.17, 15) is 9.90 Å². The number of aromatic carboxylic acids is 1. The molecule has 0 saturated heterocycles. The third kappa shape index (κ3) is 2.49. The van der Waals surface area contributed by atoms with E-state index < -0.39 is 5.97 Å². The molecule has 1 aliphatic heterocycles. The number of hydrogen-bond acceptors (Lipinski definition) is 3. The van der Waals surface area contributed by atoms with Crippen LogP contribution in [-0.4, -0.2) is 18.2 Å². The lowest BCUT2D eigenvalue weighted by Gasteiger charge is -2.38. The molecular weight excluding hydrogens is 314 g/mol. The summed E-state index contributed by atoms with van der Waals surface area (Å²) in [5, 5.41) is 13.1. The summed E-state index contributed by atoms with van der Waals surface area (Å²) in [5.41, 5.74) is 4.48. The molecule has 0 radical (unpaired) electrons. The smallest absolute Gasteiger partial charge is 0.336 e. The maximum Gasteiger partial charge on any atom is 0.336 e. The Bertz CT molecular complexity index is 871. The van der Waals surface area contributed by atoms with Crippen molar-refractivity contribution in [1.29, 1.82) is 0 Å². The van der Waals surface area contributed by atoms with Crippen molar-refractivity contribution in [3.8, 4) is 5.75 Å². The Morgan fingerprint density at radius 2 is 2.12 bits per heavy atom. The number of allylic oxidation sites excluding steroid dienone is 2. The van der Waals surface area contributed by atoms with Gasteiger partial charge in [0.15, 0.2) is 0 Å². The molecule has 0 unspecified atom stereocenters. The van der Waals surface area contributed by atoms with Gasteiger partial charge in [0.2, 0.25) is 0 Å². The first-order valence-corrected chi connectivity index (χ1v) is 8.54. The van der Waals surface area contributed by atoms with E-state index in [1.54, 1.807) is 13.2 Å². The van der Waals surface area contributed by atoms with Gasteiger partial charge in [0.1, 0.15) is 5.75 Å². The summed E-state index contributed by atoms with van der Waals surface area (Å²) in [4.78, 5) is 11.5. The van der Waals surface area contributed by atoms with Crippen LogP contribution < -0.4 is 10.1 Å². The molecule has 4 rings (SSSR count). The summed E-state index contributed by atoms with van der Waals surface area (Å²) in [6, 6.07) is 11.9. The van der Waals surface area contributed by atoms with Gasteiger partial charge in [-0.25, -0.2) is 4.79 Å². The lowest BCUT2D eigenvalue weighted by atomic mass is 9.76. The van der Waals surface area contributed by atoms with Crippen molar-refractivity contribution in [1.82, 2.24) is 0 Å². The molecule has 1 heterocycles. The van der Waals surface area contributed by atoms with Gasteiger partial charge in [-0.05, 0) is 54.2 Å². The first kappa shape index (κ1) is 15.8. The molecule has 1 aliphatic carbocycles. The van der Waals surface area contributed by atoms with E-state index >= 15 is 0 Å². The number of fused-ring (bicyclic) bond motifs is 3. The minimum absolute atomic E-state index is 0.130. The molecule has 4 heteroatoms. The maximum atomic E-state index is 11.5. The van der Waals surface area contributed by atoms with E-state index in [0.29, 0.717) is 17.4 Å². The number of hydrogen-bond donors (Lipinski definition) is 2. The number of nitrogens with one attached hydrogen (secondary N) is 1. The van der Waals surface area contributed by atoms with Crippen LogP contribution in [0.2, 0.25) is 0 Å². The molecule has 128 valence electrons. The highest BCUT2D eigenvalue weighted by Gasteiger charge is 2.39. The molecule has 2 N–H and O–H groups in total. The van der Waals surface area contributed by atoms with Gasteiger partial charge in [-0.3, -0.25) is 0 Å². The summed E-state index contributed by atoms with van der Waals surface area (Å²) in [7, 11) is 1.67. The van der Waals surface area contributed by atoms with E-state index in [4.69, 9.17) is 4.74 Å². The topological polar surface area (TPSA) is 58.6 Å². The number of carbonyl (C=O) groups is 1. The Labute approximate surface area is 147 Å². The summed E-state index contributed by atoms with van der Waals surface area (Å²) >= 11 is 0. The highest BCUT2D eigenvalue weighted by atomic mass is 16.5. The molecule has 0 fully saturated rings. The van der Waals surface area contributed by atoms with Gasteiger partial charge in [0.25, 0.3) is 0 Å². The third-order valence-electron chi connectivity index (χ3n) is 5.48. The van der Waals surface area contributed by atoms with Crippen LogP contribution in [0.4, 0.5) is 5.69 Å². The van der Waals surface area contributed by atoms with Gasteiger partial charge in [-0.2, -0.15) is 0 Å². The minimum atomic E-state index is -0.885. The second-order valence-corrected chi connectivity index (χ2v) is 6.76. The molecule has 0 saturated carbocycles. The quantitative estimate of drug-likeness (QED) is 0.809. The average molecular weight is 335 g/mol. The van der Waals surface area contributed by atoms with Crippen LogP contribution >= 0.6 is 0 Å². The van der Waals surface area contributed by atoms with Gasteiger partial charge in [-0.15, -0.1) is 0 Å². The standard InChI is InChI=1S/C21H21NO3/c1-12-15(21(23)24)9-10-18-16-7-4-8-17(16)20(22-19(12)18)13-5-3-6-14(11-13)25-2/h3-7,9-11,16-17,20,22H,8H2,1-2H3,(H,23,24)/t16-,17-,20-/m1/s1. The number of benzene rings is 2. The fourth-order valence-electron chi connectivity index (χ4n) is 4.21. The molecule has 0 amide bonds. The largest absolute Gasteiger partial charge is 0.497 e. The van der Waals surface area contributed by atoms with Crippen LogP contribution in [0.5, 0.6) is 5.75 Å². The highest BCUT2D eigenvalue weighted by Crippen LogP contribution is 2.51. The van der Waals surface area contributed by atoms with Crippen LogP contribution in [0.3, 0.4) is 0 Å². The number of anilines is 1. The molecule has 2 aromatic carbocycles. The van der Waals surface area contributed by atoms with Crippen LogP contribution in [-0.2, 0) is 0 Å². The van der Waals surface area contributed by atoms with Gasteiger partial charge in [0.05, 0.1) is 18.7 Å². The van der Waals surface area contributed by atoms with E-state index in [-0.39, 0.29) is 6.04 Å². The summed E-state index contributed by atoms with van der Waals surface area (Å²) in [5.74, 6) is 0.691. The number of carboxylic acids is 1. The van der Waals surface area contributed by atoms with Gasteiger partial charge in [-0.1, -0.05) is 30.4 Å². The Kier molecular flexibility index (Phi) is 3.75.